The lowest BCUT2D eigenvalue weighted by Gasteiger charge is -2.32. The highest BCUT2D eigenvalue weighted by molar-refractivity contribution is 7.18. The lowest BCUT2D eigenvalue weighted by molar-refractivity contribution is 0.0707. The van der Waals surface area contributed by atoms with Crippen molar-refractivity contribution in [3.05, 3.63) is 64.7 Å². The maximum absolute atomic E-state index is 12.8. The molecule has 1 aromatic heterocycles. The van der Waals surface area contributed by atoms with Crippen molar-refractivity contribution in [2.75, 3.05) is 13.1 Å². The summed E-state index contributed by atoms with van der Waals surface area (Å²) < 4.78 is 1.20. The highest BCUT2D eigenvalue weighted by Crippen LogP contribution is 2.33. The quantitative estimate of drug-likeness (QED) is 0.698. The van der Waals surface area contributed by atoms with E-state index in [2.05, 4.69) is 12.1 Å². The second-order valence-corrected chi connectivity index (χ2v) is 7.36. The molecule has 0 aliphatic carbocycles. The van der Waals surface area contributed by atoms with Gasteiger partial charge in [-0.25, -0.2) is 4.98 Å². The van der Waals surface area contributed by atoms with Crippen molar-refractivity contribution in [1.29, 1.82) is 5.26 Å². The number of para-hydroxylation sites is 1. The number of rotatable bonds is 2. The van der Waals surface area contributed by atoms with Crippen LogP contribution in [0.1, 0.15) is 39.7 Å². The van der Waals surface area contributed by atoms with Crippen molar-refractivity contribution in [2.24, 2.45) is 0 Å². The van der Waals surface area contributed by atoms with Crippen molar-refractivity contribution in [1.82, 2.24) is 9.88 Å². The fourth-order valence-corrected chi connectivity index (χ4v) is 4.43. The Hall–Kier alpha value is -2.71. The highest BCUT2D eigenvalue weighted by Gasteiger charge is 2.27. The van der Waals surface area contributed by atoms with Gasteiger partial charge in [0.2, 0.25) is 0 Å². The third-order valence-corrected chi connectivity index (χ3v) is 5.81. The number of nitrogens with zero attached hydrogens (tertiary/aromatic N) is 3. The minimum atomic E-state index is 0.00270. The molecule has 1 saturated heterocycles. The largest absolute Gasteiger partial charge is 0.338 e. The number of aromatic nitrogens is 1. The molecular formula is C20H17N3OS. The van der Waals surface area contributed by atoms with Crippen LogP contribution in [0, 0.1) is 11.3 Å². The SMILES string of the molecule is N#Cc1cccc(C(=O)N2CCCC(c3nc4ccccc4s3)C2)c1. The van der Waals surface area contributed by atoms with Gasteiger partial charge in [-0.3, -0.25) is 4.79 Å². The monoisotopic (exact) mass is 347 g/mol. The van der Waals surface area contributed by atoms with E-state index >= 15 is 0 Å². The molecule has 0 spiro atoms. The van der Waals surface area contributed by atoms with E-state index in [-0.39, 0.29) is 11.8 Å². The van der Waals surface area contributed by atoms with Crippen molar-refractivity contribution in [3.8, 4) is 6.07 Å². The third-order valence-electron chi connectivity index (χ3n) is 4.61. The maximum atomic E-state index is 12.8. The number of nitriles is 1. The van der Waals surface area contributed by atoms with E-state index in [0.29, 0.717) is 17.7 Å². The van der Waals surface area contributed by atoms with E-state index < -0.39 is 0 Å². The van der Waals surface area contributed by atoms with Gasteiger partial charge in [0.05, 0.1) is 26.9 Å². The van der Waals surface area contributed by atoms with Crippen LogP contribution in [-0.2, 0) is 0 Å². The lowest BCUT2D eigenvalue weighted by atomic mass is 9.98. The number of fused-ring (bicyclic) bond motifs is 1. The van der Waals surface area contributed by atoms with Crippen molar-refractivity contribution in [2.45, 2.75) is 18.8 Å². The van der Waals surface area contributed by atoms with Crippen LogP contribution in [0.4, 0.5) is 0 Å². The second-order valence-electron chi connectivity index (χ2n) is 6.30. The number of carbonyl (C=O) groups is 1. The molecule has 5 heteroatoms. The summed E-state index contributed by atoms with van der Waals surface area (Å²) in [6.45, 7) is 1.45. The average molecular weight is 347 g/mol. The number of benzene rings is 2. The van der Waals surface area contributed by atoms with Crippen LogP contribution < -0.4 is 0 Å². The summed E-state index contributed by atoms with van der Waals surface area (Å²) in [4.78, 5) is 19.5. The maximum Gasteiger partial charge on any atom is 0.253 e. The molecule has 0 bridgehead atoms. The number of carbonyl (C=O) groups excluding carboxylic acids is 1. The van der Waals surface area contributed by atoms with Crippen molar-refractivity contribution in [3.63, 3.8) is 0 Å². The first-order valence-electron chi connectivity index (χ1n) is 8.39. The summed E-state index contributed by atoms with van der Waals surface area (Å²) in [6, 6.07) is 17.2. The van der Waals surface area contributed by atoms with E-state index in [1.54, 1.807) is 35.6 Å². The van der Waals surface area contributed by atoms with E-state index in [1.165, 1.54) is 4.70 Å². The Bertz CT molecular complexity index is 939. The molecule has 1 unspecified atom stereocenters. The number of likely N-dealkylation sites (tertiary alicyclic amines) is 1. The Labute approximate surface area is 150 Å². The zero-order chi connectivity index (χ0) is 17.2. The van der Waals surface area contributed by atoms with Crippen LogP contribution in [0.3, 0.4) is 0 Å². The van der Waals surface area contributed by atoms with Gasteiger partial charge >= 0.3 is 0 Å². The Kier molecular flexibility index (Phi) is 4.21. The fourth-order valence-electron chi connectivity index (χ4n) is 3.33. The average Bonchev–Trinajstić information content (AvgIpc) is 3.12. The van der Waals surface area contributed by atoms with Gasteiger partial charge in [-0.1, -0.05) is 18.2 Å². The van der Waals surface area contributed by atoms with Crippen LogP contribution in [0.5, 0.6) is 0 Å². The number of amides is 1. The smallest absolute Gasteiger partial charge is 0.253 e. The Morgan fingerprint density at radius 2 is 2.12 bits per heavy atom. The minimum absolute atomic E-state index is 0.00270. The molecule has 3 aromatic rings. The summed E-state index contributed by atoms with van der Waals surface area (Å²) in [5.41, 5.74) is 2.14. The van der Waals surface area contributed by atoms with Gasteiger partial charge in [-0.15, -0.1) is 11.3 Å². The van der Waals surface area contributed by atoms with Crippen molar-refractivity contribution >= 4 is 27.5 Å². The molecule has 4 rings (SSSR count). The normalized spacial score (nSPS) is 17.4. The number of hydrogen-bond acceptors (Lipinski definition) is 4. The van der Waals surface area contributed by atoms with Gasteiger partial charge in [0.1, 0.15) is 0 Å². The summed E-state index contributed by atoms with van der Waals surface area (Å²) >= 11 is 1.73. The molecular weight excluding hydrogens is 330 g/mol. The van der Waals surface area contributed by atoms with Crippen LogP contribution in [-0.4, -0.2) is 28.9 Å². The number of thiazole rings is 1. The second kappa shape index (κ2) is 6.66. The van der Waals surface area contributed by atoms with Crippen molar-refractivity contribution < 1.29 is 4.79 Å². The first kappa shape index (κ1) is 15.8. The first-order chi connectivity index (χ1) is 12.2. The van der Waals surface area contributed by atoms with Gasteiger partial charge in [0.25, 0.3) is 5.91 Å². The Morgan fingerprint density at radius 3 is 2.96 bits per heavy atom. The van der Waals surface area contributed by atoms with Crippen LogP contribution in [0.25, 0.3) is 10.2 Å². The first-order valence-corrected chi connectivity index (χ1v) is 9.21. The molecule has 0 saturated carbocycles. The number of piperidine rings is 1. The fraction of sp³-hybridized carbons (Fsp3) is 0.250. The molecule has 4 nitrogen and oxygen atoms in total. The molecule has 1 amide bonds. The molecule has 2 heterocycles. The molecule has 0 N–H and O–H groups in total. The Balaban J connectivity index is 1.56. The van der Waals surface area contributed by atoms with Gasteiger partial charge < -0.3 is 4.90 Å². The standard InChI is InChI=1S/C20H17N3OS/c21-12-14-5-3-6-15(11-14)20(24)23-10-4-7-16(13-23)19-22-17-8-1-2-9-18(17)25-19/h1-3,5-6,8-9,11,16H,4,7,10,13H2. The zero-order valence-electron chi connectivity index (χ0n) is 13.7. The molecule has 25 heavy (non-hydrogen) atoms. The summed E-state index contributed by atoms with van der Waals surface area (Å²) in [6.07, 6.45) is 2.03. The van der Waals surface area contributed by atoms with Gasteiger partial charge in [-0.2, -0.15) is 5.26 Å². The van der Waals surface area contributed by atoms with Gasteiger partial charge in [-0.05, 0) is 43.2 Å². The number of hydrogen-bond donors (Lipinski definition) is 0. The minimum Gasteiger partial charge on any atom is -0.338 e. The van der Waals surface area contributed by atoms with E-state index in [1.807, 2.05) is 23.1 Å². The zero-order valence-corrected chi connectivity index (χ0v) is 14.5. The van der Waals surface area contributed by atoms with E-state index in [9.17, 15) is 4.79 Å². The van der Waals surface area contributed by atoms with E-state index in [0.717, 1.165) is 29.9 Å². The topological polar surface area (TPSA) is 57.0 Å². The molecule has 1 fully saturated rings. The predicted octanol–water partition coefficient (Wildman–Crippen LogP) is 4.19. The lowest BCUT2D eigenvalue weighted by Crippen LogP contribution is -2.39. The van der Waals surface area contributed by atoms with Gasteiger partial charge in [0.15, 0.2) is 0 Å². The molecule has 124 valence electrons. The van der Waals surface area contributed by atoms with Crippen LogP contribution >= 0.6 is 11.3 Å². The highest BCUT2D eigenvalue weighted by atomic mass is 32.1. The van der Waals surface area contributed by atoms with Gasteiger partial charge in [0, 0.05) is 24.6 Å². The molecule has 2 aromatic carbocycles. The summed E-state index contributed by atoms with van der Waals surface area (Å²) in [7, 11) is 0. The molecule has 1 atom stereocenters. The molecule has 1 aliphatic heterocycles. The summed E-state index contributed by atoms with van der Waals surface area (Å²) in [5.74, 6) is 0.289. The molecule has 0 radical (unpaired) electrons. The van der Waals surface area contributed by atoms with E-state index in [4.69, 9.17) is 10.2 Å². The van der Waals surface area contributed by atoms with Crippen LogP contribution in [0.15, 0.2) is 48.5 Å². The summed E-state index contributed by atoms with van der Waals surface area (Å²) in [5, 5.41) is 10.1. The Morgan fingerprint density at radius 1 is 1.24 bits per heavy atom. The van der Waals surface area contributed by atoms with Crippen LogP contribution in [0.2, 0.25) is 0 Å². The predicted molar refractivity (Wildman–Crippen MR) is 98.7 cm³/mol. The molecule has 1 aliphatic rings. The third kappa shape index (κ3) is 3.13.